The molecule has 0 saturated carbocycles. The SMILES string of the molecule is COCCNS(=O)(=O)c1cc2c3c(c1)[C@@H](C)C(=O)N3CCC2. The second-order valence-electron chi connectivity index (χ2n) is 5.73. The van der Waals surface area contributed by atoms with Crippen LogP contribution >= 0.6 is 0 Å². The zero-order valence-electron chi connectivity index (χ0n) is 12.8. The minimum Gasteiger partial charge on any atom is -0.383 e. The van der Waals surface area contributed by atoms with Crippen LogP contribution in [-0.4, -0.2) is 41.1 Å². The van der Waals surface area contributed by atoms with Crippen molar-refractivity contribution in [2.24, 2.45) is 0 Å². The molecule has 0 bridgehead atoms. The summed E-state index contributed by atoms with van der Waals surface area (Å²) in [5.74, 6) is -0.209. The maximum absolute atomic E-state index is 12.4. The van der Waals surface area contributed by atoms with Crippen molar-refractivity contribution >= 4 is 21.6 Å². The van der Waals surface area contributed by atoms with E-state index in [0.717, 1.165) is 36.2 Å². The first-order chi connectivity index (χ1) is 10.5. The Kier molecular flexibility index (Phi) is 3.96. The van der Waals surface area contributed by atoms with Crippen LogP contribution in [0.15, 0.2) is 17.0 Å². The van der Waals surface area contributed by atoms with Gasteiger partial charge in [-0.25, -0.2) is 13.1 Å². The molecule has 1 aromatic rings. The lowest BCUT2D eigenvalue weighted by atomic mass is 9.97. The molecule has 1 amide bonds. The highest BCUT2D eigenvalue weighted by Crippen LogP contribution is 2.43. The van der Waals surface area contributed by atoms with Crippen LogP contribution in [0.3, 0.4) is 0 Å². The van der Waals surface area contributed by atoms with E-state index in [-0.39, 0.29) is 23.3 Å². The summed E-state index contributed by atoms with van der Waals surface area (Å²) in [6.45, 7) is 3.11. The third kappa shape index (κ3) is 2.43. The number of carbonyl (C=O) groups excluding carboxylic acids is 1. The molecule has 1 N–H and O–H groups in total. The summed E-state index contributed by atoms with van der Waals surface area (Å²) in [5, 5.41) is 0. The molecule has 120 valence electrons. The van der Waals surface area contributed by atoms with E-state index in [4.69, 9.17) is 4.74 Å². The number of hydrogen-bond donors (Lipinski definition) is 1. The number of methoxy groups -OCH3 is 1. The highest BCUT2D eigenvalue weighted by Gasteiger charge is 2.38. The van der Waals surface area contributed by atoms with Gasteiger partial charge in [0, 0.05) is 20.2 Å². The zero-order chi connectivity index (χ0) is 15.9. The van der Waals surface area contributed by atoms with Gasteiger partial charge in [-0.1, -0.05) is 0 Å². The lowest BCUT2D eigenvalue weighted by molar-refractivity contribution is -0.119. The summed E-state index contributed by atoms with van der Waals surface area (Å²) in [6, 6.07) is 3.34. The van der Waals surface area contributed by atoms with Crippen LogP contribution in [0, 0.1) is 0 Å². The Morgan fingerprint density at radius 1 is 1.41 bits per heavy atom. The van der Waals surface area contributed by atoms with Gasteiger partial charge in [-0.2, -0.15) is 0 Å². The molecular formula is C15H20N2O4S. The summed E-state index contributed by atoms with van der Waals surface area (Å²) in [5.41, 5.74) is 2.71. The topological polar surface area (TPSA) is 75.7 Å². The van der Waals surface area contributed by atoms with Gasteiger partial charge in [-0.15, -0.1) is 0 Å². The van der Waals surface area contributed by atoms with Gasteiger partial charge in [0.15, 0.2) is 0 Å². The Morgan fingerprint density at radius 2 is 2.18 bits per heavy atom. The minimum absolute atomic E-state index is 0.0674. The summed E-state index contributed by atoms with van der Waals surface area (Å²) in [4.78, 5) is 14.3. The highest BCUT2D eigenvalue weighted by molar-refractivity contribution is 7.89. The largest absolute Gasteiger partial charge is 0.383 e. The fourth-order valence-corrected chi connectivity index (χ4v) is 4.28. The van der Waals surface area contributed by atoms with Gasteiger partial charge in [0.25, 0.3) is 0 Å². The van der Waals surface area contributed by atoms with Crippen LogP contribution in [0.5, 0.6) is 0 Å². The molecule has 2 aliphatic heterocycles. The van der Waals surface area contributed by atoms with E-state index in [9.17, 15) is 13.2 Å². The molecule has 0 radical (unpaired) electrons. The Balaban J connectivity index is 2.01. The number of hydrogen-bond acceptors (Lipinski definition) is 4. The van der Waals surface area contributed by atoms with Crippen LogP contribution in [-0.2, 0) is 26.0 Å². The fraction of sp³-hybridized carbons (Fsp3) is 0.533. The molecule has 22 heavy (non-hydrogen) atoms. The summed E-state index contributed by atoms with van der Waals surface area (Å²) in [7, 11) is -2.06. The van der Waals surface area contributed by atoms with Crippen molar-refractivity contribution in [2.45, 2.75) is 30.6 Å². The van der Waals surface area contributed by atoms with E-state index in [1.165, 1.54) is 7.11 Å². The number of sulfonamides is 1. The van der Waals surface area contributed by atoms with Crippen molar-refractivity contribution in [3.63, 3.8) is 0 Å². The maximum atomic E-state index is 12.4. The van der Waals surface area contributed by atoms with E-state index < -0.39 is 10.0 Å². The molecule has 1 atom stereocenters. The molecule has 0 fully saturated rings. The molecule has 0 saturated heterocycles. The predicted molar refractivity (Wildman–Crippen MR) is 82.6 cm³/mol. The zero-order valence-corrected chi connectivity index (χ0v) is 13.6. The van der Waals surface area contributed by atoms with Crippen molar-refractivity contribution in [3.8, 4) is 0 Å². The molecule has 7 heteroatoms. The molecule has 2 heterocycles. The van der Waals surface area contributed by atoms with Gasteiger partial charge in [-0.3, -0.25) is 4.79 Å². The molecular weight excluding hydrogens is 304 g/mol. The Bertz CT molecular complexity index is 714. The first-order valence-electron chi connectivity index (χ1n) is 7.42. The van der Waals surface area contributed by atoms with Crippen LogP contribution < -0.4 is 9.62 Å². The second kappa shape index (κ2) is 5.64. The van der Waals surface area contributed by atoms with Gasteiger partial charge >= 0.3 is 0 Å². The van der Waals surface area contributed by atoms with Crippen molar-refractivity contribution in [1.82, 2.24) is 4.72 Å². The number of ether oxygens (including phenoxy) is 1. The fourth-order valence-electron chi connectivity index (χ4n) is 3.18. The summed E-state index contributed by atoms with van der Waals surface area (Å²) < 4.78 is 32.2. The lowest BCUT2D eigenvalue weighted by Crippen LogP contribution is -2.32. The third-order valence-corrected chi connectivity index (χ3v) is 5.74. The number of amides is 1. The van der Waals surface area contributed by atoms with E-state index in [1.807, 2.05) is 6.92 Å². The van der Waals surface area contributed by atoms with Gasteiger partial charge in [-0.05, 0) is 43.0 Å². The van der Waals surface area contributed by atoms with Crippen molar-refractivity contribution in [3.05, 3.63) is 23.3 Å². The molecule has 3 rings (SSSR count). The number of benzene rings is 1. The van der Waals surface area contributed by atoms with Gasteiger partial charge in [0.1, 0.15) is 0 Å². The number of carbonyl (C=O) groups is 1. The second-order valence-corrected chi connectivity index (χ2v) is 7.49. The standard InChI is InChI=1S/C15H20N2O4S/c1-10-13-9-12(22(19,20)16-5-7-21-2)8-11-4-3-6-17(14(11)13)15(10)18/h8-10,16H,3-7H2,1-2H3/t10-/m1/s1. The van der Waals surface area contributed by atoms with Gasteiger partial charge in [0.05, 0.1) is 23.1 Å². The molecule has 2 aliphatic rings. The van der Waals surface area contributed by atoms with E-state index in [1.54, 1.807) is 17.0 Å². The molecule has 0 unspecified atom stereocenters. The number of nitrogens with zero attached hydrogens (tertiary/aromatic N) is 1. The smallest absolute Gasteiger partial charge is 0.240 e. The van der Waals surface area contributed by atoms with Crippen LogP contribution in [0.1, 0.15) is 30.4 Å². The molecule has 0 spiro atoms. The van der Waals surface area contributed by atoms with Crippen molar-refractivity contribution in [1.29, 1.82) is 0 Å². The molecule has 0 aromatic heterocycles. The van der Waals surface area contributed by atoms with Crippen molar-refractivity contribution in [2.75, 3.05) is 31.7 Å². The highest BCUT2D eigenvalue weighted by atomic mass is 32.2. The average molecular weight is 324 g/mol. The van der Waals surface area contributed by atoms with Crippen LogP contribution in [0.4, 0.5) is 5.69 Å². The van der Waals surface area contributed by atoms with E-state index in [2.05, 4.69) is 4.72 Å². The average Bonchev–Trinajstić information content (AvgIpc) is 2.74. The normalized spacial score (nSPS) is 20.4. The monoisotopic (exact) mass is 324 g/mol. The predicted octanol–water partition coefficient (Wildman–Crippen LogP) is 1.01. The Hall–Kier alpha value is -1.44. The third-order valence-electron chi connectivity index (χ3n) is 4.30. The summed E-state index contributed by atoms with van der Waals surface area (Å²) in [6.07, 6.45) is 1.67. The first-order valence-corrected chi connectivity index (χ1v) is 8.91. The molecule has 1 aromatic carbocycles. The molecule has 6 nitrogen and oxygen atoms in total. The first kappa shape index (κ1) is 15.5. The van der Waals surface area contributed by atoms with Gasteiger partial charge < -0.3 is 9.64 Å². The van der Waals surface area contributed by atoms with E-state index in [0.29, 0.717) is 6.61 Å². The van der Waals surface area contributed by atoms with E-state index >= 15 is 0 Å². The van der Waals surface area contributed by atoms with Gasteiger partial charge in [0.2, 0.25) is 15.9 Å². The number of aryl methyl sites for hydroxylation is 1. The van der Waals surface area contributed by atoms with Crippen LogP contribution in [0.2, 0.25) is 0 Å². The number of nitrogens with one attached hydrogen (secondary N) is 1. The number of rotatable bonds is 5. The summed E-state index contributed by atoms with van der Waals surface area (Å²) >= 11 is 0. The van der Waals surface area contributed by atoms with Crippen molar-refractivity contribution < 1.29 is 17.9 Å². The molecule has 0 aliphatic carbocycles. The Morgan fingerprint density at radius 3 is 2.91 bits per heavy atom. The lowest BCUT2D eigenvalue weighted by Gasteiger charge is -2.26. The quantitative estimate of drug-likeness (QED) is 0.820. The minimum atomic E-state index is -3.58. The Labute approximate surface area is 130 Å². The number of anilines is 1. The van der Waals surface area contributed by atoms with Crippen LogP contribution in [0.25, 0.3) is 0 Å². The maximum Gasteiger partial charge on any atom is 0.240 e.